The smallest absolute Gasteiger partial charge is 0.272 e. The molecule has 0 unspecified atom stereocenters. The van der Waals surface area contributed by atoms with Gasteiger partial charge < -0.3 is 5.32 Å². The van der Waals surface area contributed by atoms with Crippen LogP contribution in [-0.4, -0.2) is 24.1 Å². The fourth-order valence-electron chi connectivity index (χ4n) is 3.61. The minimum Gasteiger partial charge on any atom is -0.346 e. The molecule has 0 bridgehead atoms. The Balaban J connectivity index is 1.60. The van der Waals surface area contributed by atoms with Crippen LogP contribution in [0.5, 0.6) is 0 Å². The number of hydrogen-bond acceptors (Lipinski definition) is 5. The number of carbonyl (C=O) groups is 1. The highest BCUT2D eigenvalue weighted by atomic mass is 32.2. The normalized spacial score (nSPS) is 14.2. The number of thiophene rings is 1. The standard InChI is InChI=1S/C20H21FN4O3S2/c21-13-6-8-14(9-7-13)25-17-5-3-1-2-4-16(17)19(24-25)20(26)23-12-15-10-11-18(29-15)30(22,27)28/h6-11H,1-5,12H2,(H,23,26)(H2,22,27,28). The number of nitrogens with one attached hydrogen (secondary N) is 1. The lowest BCUT2D eigenvalue weighted by molar-refractivity contribution is 0.0945. The molecule has 158 valence electrons. The molecule has 10 heteroatoms. The quantitative estimate of drug-likeness (QED) is 0.585. The van der Waals surface area contributed by atoms with E-state index in [1.807, 2.05) is 0 Å². The van der Waals surface area contributed by atoms with Crippen molar-refractivity contribution >= 4 is 27.3 Å². The Labute approximate surface area is 177 Å². The first-order valence-corrected chi connectivity index (χ1v) is 12.0. The van der Waals surface area contributed by atoms with Gasteiger partial charge >= 0.3 is 0 Å². The van der Waals surface area contributed by atoms with Gasteiger partial charge in [-0.1, -0.05) is 6.42 Å². The Hall–Kier alpha value is -2.56. The van der Waals surface area contributed by atoms with Gasteiger partial charge in [0, 0.05) is 16.1 Å². The highest BCUT2D eigenvalue weighted by molar-refractivity contribution is 7.91. The molecule has 1 aliphatic rings. The van der Waals surface area contributed by atoms with Crippen molar-refractivity contribution in [3.8, 4) is 5.69 Å². The van der Waals surface area contributed by atoms with E-state index in [0.717, 1.165) is 54.7 Å². The summed E-state index contributed by atoms with van der Waals surface area (Å²) in [5.74, 6) is -0.649. The molecule has 0 saturated heterocycles. The zero-order valence-electron chi connectivity index (χ0n) is 16.1. The first-order chi connectivity index (χ1) is 14.3. The minimum absolute atomic E-state index is 0.0567. The number of nitrogens with two attached hydrogens (primary N) is 1. The number of benzene rings is 1. The average molecular weight is 449 g/mol. The van der Waals surface area contributed by atoms with Crippen molar-refractivity contribution in [2.45, 2.75) is 42.9 Å². The number of hydrogen-bond donors (Lipinski definition) is 2. The van der Waals surface area contributed by atoms with Crippen molar-refractivity contribution < 1.29 is 17.6 Å². The van der Waals surface area contributed by atoms with E-state index in [4.69, 9.17) is 5.14 Å². The highest BCUT2D eigenvalue weighted by Crippen LogP contribution is 2.27. The lowest BCUT2D eigenvalue weighted by Gasteiger charge is -2.07. The van der Waals surface area contributed by atoms with Crippen molar-refractivity contribution in [3.63, 3.8) is 0 Å². The SMILES string of the molecule is NS(=O)(=O)c1ccc(CNC(=O)c2nn(-c3ccc(F)cc3)c3c2CCCCC3)s1. The lowest BCUT2D eigenvalue weighted by Crippen LogP contribution is -2.24. The van der Waals surface area contributed by atoms with Crippen molar-refractivity contribution in [1.29, 1.82) is 0 Å². The summed E-state index contributed by atoms with van der Waals surface area (Å²) in [5, 5.41) is 12.5. The molecule has 0 aliphatic heterocycles. The number of aromatic nitrogens is 2. The third-order valence-electron chi connectivity index (χ3n) is 5.06. The maximum Gasteiger partial charge on any atom is 0.272 e. The van der Waals surface area contributed by atoms with Gasteiger partial charge in [-0.25, -0.2) is 22.6 Å². The van der Waals surface area contributed by atoms with E-state index in [1.54, 1.807) is 22.9 Å². The molecule has 7 nitrogen and oxygen atoms in total. The fourth-order valence-corrected chi connectivity index (χ4v) is 5.33. The van der Waals surface area contributed by atoms with E-state index in [1.165, 1.54) is 18.2 Å². The minimum atomic E-state index is -3.76. The van der Waals surface area contributed by atoms with Gasteiger partial charge in [0.15, 0.2) is 5.69 Å². The molecule has 1 aromatic carbocycles. The Morgan fingerprint density at radius 1 is 1.13 bits per heavy atom. The van der Waals surface area contributed by atoms with Crippen LogP contribution in [0, 0.1) is 5.82 Å². The third kappa shape index (κ3) is 4.30. The molecule has 1 aliphatic carbocycles. The van der Waals surface area contributed by atoms with Crippen LogP contribution < -0.4 is 10.5 Å². The molecule has 1 amide bonds. The number of rotatable bonds is 5. The van der Waals surface area contributed by atoms with Gasteiger partial charge in [0.1, 0.15) is 10.0 Å². The van der Waals surface area contributed by atoms with E-state index in [-0.39, 0.29) is 22.5 Å². The Kier molecular flexibility index (Phi) is 5.72. The van der Waals surface area contributed by atoms with Crippen LogP contribution >= 0.6 is 11.3 Å². The summed E-state index contributed by atoms with van der Waals surface area (Å²) in [6, 6.07) is 9.10. The van der Waals surface area contributed by atoms with Crippen LogP contribution in [0.4, 0.5) is 4.39 Å². The summed E-state index contributed by atoms with van der Waals surface area (Å²) in [5.41, 5.74) is 2.98. The van der Waals surface area contributed by atoms with Gasteiger partial charge in [-0.3, -0.25) is 4.79 Å². The Morgan fingerprint density at radius 3 is 2.57 bits per heavy atom. The molecule has 30 heavy (non-hydrogen) atoms. The molecule has 2 aromatic heterocycles. The maximum absolute atomic E-state index is 13.3. The van der Waals surface area contributed by atoms with E-state index in [2.05, 4.69) is 10.4 Å². The zero-order chi connectivity index (χ0) is 21.3. The number of halogens is 1. The third-order valence-corrected chi connectivity index (χ3v) is 7.58. The second-order valence-corrected chi connectivity index (χ2v) is 10.1. The van der Waals surface area contributed by atoms with E-state index in [9.17, 15) is 17.6 Å². The lowest BCUT2D eigenvalue weighted by atomic mass is 10.1. The van der Waals surface area contributed by atoms with Crippen molar-refractivity contribution in [3.05, 3.63) is 64.0 Å². The predicted molar refractivity (Wildman–Crippen MR) is 112 cm³/mol. The predicted octanol–water partition coefficient (Wildman–Crippen LogP) is 2.92. The average Bonchev–Trinajstić information content (AvgIpc) is 3.25. The van der Waals surface area contributed by atoms with Gasteiger partial charge in [0.05, 0.1) is 12.2 Å². The molecule has 0 radical (unpaired) electrons. The molecule has 0 spiro atoms. The number of sulfonamides is 1. The topological polar surface area (TPSA) is 107 Å². The zero-order valence-corrected chi connectivity index (χ0v) is 17.7. The Morgan fingerprint density at radius 2 is 1.87 bits per heavy atom. The van der Waals surface area contributed by atoms with Crippen LogP contribution in [0.1, 0.15) is 45.9 Å². The van der Waals surface area contributed by atoms with Crippen LogP contribution in [-0.2, 0) is 29.4 Å². The molecule has 3 N–H and O–H groups in total. The maximum atomic E-state index is 13.3. The van der Waals surface area contributed by atoms with Gasteiger partial charge in [-0.15, -0.1) is 11.3 Å². The summed E-state index contributed by atoms with van der Waals surface area (Å²) < 4.78 is 38.0. The van der Waals surface area contributed by atoms with Gasteiger partial charge in [-0.2, -0.15) is 5.10 Å². The van der Waals surface area contributed by atoms with E-state index < -0.39 is 10.0 Å². The van der Waals surface area contributed by atoms with Crippen molar-refractivity contribution in [1.82, 2.24) is 15.1 Å². The summed E-state index contributed by atoms with van der Waals surface area (Å²) in [6.45, 7) is 0.178. The van der Waals surface area contributed by atoms with Crippen LogP contribution in [0.3, 0.4) is 0 Å². The molecular weight excluding hydrogens is 427 g/mol. The monoisotopic (exact) mass is 448 g/mol. The van der Waals surface area contributed by atoms with Gasteiger partial charge in [0.25, 0.3) is 5.91 Å². The number of fused-ring (bicyclic) bond motifs is 1. The van der Waals surface area contributed by atoms with Crippen LogP contribution in [0.2, 0.25) is 0 Å². The second-order valence-electron chi connectivity index (χ2n) is 7.17. The second kappa shape index (κ2) is 8.29. The van der Waals surface area contributed by atoms with Gasteiger partial charge in [0.2, 0.25) is 10.0 Å². The molecule has 3 aromatic rings. The number of carbonyl (C=O) groups excluding carboxylic acids is 1. The summed E-state index contributed by atoms with van der Waals surface area (Å²) >= 11 is 1.02. The molecular formula is C20H21FN4O3S2. The molecule has 0 saturated carbocycles. The summed E-state index contributed by atoms with van der Waals surface area (Å²) in [6.07, 6.45) is 4.62. The number of amides is 1. The van der Waals surface area contributed by atoms with Gasteiger partial charge in [-0.05, 0) is 62.1 Å². The first-order valence-electron chi connectivity index (χ1n) is 9.59. The molecule has 0 atom stereocenters. The molecule has 0 fully saturated rings. The van der Waals surface area contributed by atoms with E-state index in [0.29, 0.717) is 16.3 Å². The fraction of sp³-hybridized carbons (Fsp3) is 0.300. The largest absolute Gasteiger partial charge is 0.346 e. The number of primary sulfonamides is 1. The molecule has 2 heterocycles. The molecule has 4 rings (SSSR count). The Bertz CT molecular complexity index is 1180. The first kappa shape index (κ1) is 20.7. The summed E-state index contributed by atoms with van der Waals surface area (Å²) in [7, 11) is -3.76. The number of nitrogens with zero attached hydrogens (tertiary/aromatic N) is 2. The van der Waals surface area contributed by atoms with Crippen LogP contribution in [0.15, 0.2) is 40.6 Å². The van der Waals surface area contributed by atoms with Crippen LogP contribution in [0.25, 0.3) is 5.69 Å². The van der Waals surface area contributed by atoms with E-state index >= 15 is 0 Å². The van der Waals surface area contributed by atoms with Crippen molar-refractivity contribution in [2.24, 2.45) is 5.14 Å². The highest BCUT2D eigenvalue weighted by Gasteiger charge is 2.25. The van der Waals surface area contributed by atoms with Crippen molar-refractivity contribution in [2.75, 3.05) is 0 Å². The summed E-state index contributed by atoms with van der Waals surface area (Å²) in [4.78, 5) is 13.6.